The van der Waals surface area contributed by atoms with Crippen molar-refractivity contribution in [3.8, 4) is 5.75 Å². The third-order valence-corrected chi connectivity index (χ3v) is 3.71. The lowest BCUT2D eigenvalue weighted by atomic mass is 9.87. The third kappa shape index (κ3) is 4.67. The molecule has 8 nitrogen and oxygen atoms in total. The van der Waals surface area contributed by atoms with Crippen LogP contribution in [0.2, 0.25) is 0 Å². The normalized spacial score (nSPS) is 21.7. The molecule has 2 rings (SSSR count). The van der Waals surface area contributed by atoms with Crippen molar-refractivity contribution in [2.45, 2.75) is 12.5 Å². The number of nitrogens with zero attached hydrogens (tertiary/aromatic N) is 1. The maximum atomic E-state index is 11.1. The number of benzene rings is 1. The Kier molecular flexibility index (Phi) is 4.91. The highest BCUT2D eigenvalue weighted by atomic mass is 31.2. The highest BCUT2D eigenvalue weighted by Crippen LogP contribution is 2.39. The van der Waals surface area contributed by atoms with Crippen LogP contribution in [0.1, 0.15) is 5.56 Å². The van der Waals surface area contributed by atoms with Crippen LogP contribution in [0.25, 0.3) is 0 Å². The molecule has 124 valence electrons. The van der Waals surface area contributed by atoms with Gasteiger partial charge in [-0.3, -0.25) is 0 Å². The molecule has 6 N–H and O–H groups in total. The molecule has 0 aliphatic heterocycles. The fourth-order valence-corrected chi connectivity index (χ4v) is 2.84. The second-order valence-corrected chi connectivity index (χ2v) is 6.32. The molecule has 1 aliphatic rings. The number of rotatable bonds is 4. The number of allylic oxidation sites excluding steroid dienone is 2. The van der Waals surface area contributed by atoms with Gasteiger partial charge < -0.3 is 30.2 Å². The summed E-state index contributed by atoms with van der Waals surface area (Å²) in [6.07, 6.45) is 0.651. The van der Waals surface area contributed by atoms with Crippen molar-refractivity contribution in [3.63, 3.8) is 0 Å². The van der Waals surface area contributed by atoms with E-state index in [4.69, 9.17) is 9.79 Å². The van der Waals surface area contributed by atoms with E-state index in [-0.39, 0.29) is 17.9 Å². The summed E-state index contributed by atoms with van der Waals surface area (Å²) >= 11 is 0. The van der Waals surface area contributed by atoms with Crippen molar-refractivity contribution in [2.24, 2.45) is 10.7 Å². The number of aromatic hydroxyl groups is 1. The lowest BCUT2D eigenvalue weighted by molar-refractivity contribution is 0.130. The molecule has 0 spiro atoms. The molecule has 0 fully saturated rings. The van der Waals surface area contributed by atoms with E-state index in [0.717, 1.165) is 12.2 Å². The molecule has 2 atom stereocenters. The van der Waals surface area contributed by atoms with Gasteiger partial charge in [-0.15, -0.1) is 0 Å². The molecular formula is C14H16NO7P. The maximum Gasteiger partial charge on any atom is 0.448 e. The number of phenolic OH excluding ortho intramolecular Hbond substituents is 1. The van der Waals surface area contributed by atoms with E-state index in [1.54, 1.807) is 12.1 Å². The Morgan fingerprint density at radius 3 is 2.48 bits per heavy atom. The van der Waals surface area contributed by atoms with Crippen LogP contribution in [0, 0.1) is 5.92 Å². The Hall–Kier alpha value is -2.12. The van der Waals surface area contributed by atoms with E-state index in [0.29, 0.717) is 5.56 Å². The van der Waals surface area contributed by atoms with Crippen LogP contribution in [0.15, 0.2) is 52.7 Å². The van der Waals surface area contributed by atoms with Gasteiger partial charge in [-0.25, -0.2) is 4.57 Å². The summed E-state index contributed by atoms with van der Waals surface area (Å²) in [6.45, 7) is 0. The average molecular weight is 341 g/mol. The van der Waals surface area contributed by atoms with Gasteiger partial charge >= 0.3 is 7.75 Å². The molecule has 0 heterocycles. The quantitative estimate of drug-likeness (QED) is 0.452. The maximum absolute atomic E-state index is 11.1. The second-order valence-electron chi connectivity index (χ2n) is 5.10. The molecule has 0 bridgehead atoms. The predicted octanol–water partition coefficient (Wildman–Crippen LogP) is 1.34. The molecule has 1 aromatic carbocycles. The highest BCUT2D eigenvalue weighted by Gasteiger charge is 2.32. The van der Waals surface area contributed by atoms with Crippen LogP contribution < -0.4 is 0 Å². The fourth-order valence-electron chi connectivity index (χ4n) is 2.35. The first-order valence-corrected chi connectivity index (χ1v) is 8.15. The molecule has 1 aliphatic carbocycles. The van der Waals surface area contributed by atoms with Gasteiger partial charge in [0.05, 0.1) is 17.7 Å². The van der Waals surface area contributed by atoms with Crippen LogP contribution in [0.3, 0.4) is 0 Å². The number of hydrogen-bond donors (Lipinski definition) is 6. The van der Waals surface area contributed by atoms with Crippen LogP contribution in [0.4, 0.5) is 0 Å². The molecule has 0 saturated heterocycles. The molecule has 0 saturated carbocycles. The van der Waals surface area contributed by atoms with Crippen molar-refractivity contribution in [3.05, 3.63) is 53.5 Å². The van der Waals surface area contributed by atoms with Gasteiger partial charge in [0, 0.05) is 12.2 Å². The molecule has 23 heavy (non-hydrogen) atoms. The lowest BCUT2D eigenvalue weighted by Gasteiger charge is -2.25. The Labute approximate surface area is 131 Å². The van der Waals surface area contributed by atoms with Crippen LogP contribution in [0.5, 0.6) is 5.75 Å². The van der Waals surface area contributed by atoms with E-state index in [9.17, 15) is 25.0 Å². The van der Waals surface area contributed by atoms with Gasteiger partial charge in [-0.05, 0) is 24.1 Å². The standard InChI is InChI=1S/C14H16NO7P/c16-9-3-1-2-8(4-9)5-12(18)14-11(15-23(20,21)22)6-10(17)7-13(14)19/h1-4,6-7,12,14,16-19H,5H2,(H2,20,21,22). The number of hydrogen-bond acceptors (Lipinski definition) is 5. The topological polar surface area (TPSA) is 151 Å². The number of aliphatic hydroxyl groups excluding tert-OH is 3. The Balaban J connectivity index is 2.32. The minimum Gasteiger partial charge on any atom is -0.511 e. The van der Waals surface area contributed by atoms with Gasteiger partial charge in [-0.2, -0.15) is 4.76 Å². The molecule has 0 radical (unpaired) electrons. The van der Waals surface area contributed by atoms with E-state index in [1.165, 1.54) is 12.1 Å². The van der Waals surface area contributed by atoms with Gasteiger partial charge in [0.25, 0.3) is 0 Å². The summed E-state index contributed by atoms with van der Waals surface area (Å²) in [5, 5.41) is 39.1. The van der Waals surface area contributed by atoms with Gasteiger partial charge in [0.2, 0.25) is 0 Å². The van der Waals surface area contributed by atoms with Crippen molar-refractivity contribution in [1.82, 2.24) is 0 Å². The minimum atomic E-state index is -4.81. The predicted molar refractivity (Wildman–Crippen MR) is 82.2 cm³/mol. The first-order chi connectivity index (χ1) is 10.7. The smallest absolute Gasteiger partial charge is 0.448 e. The largest absolute Gasteiger partial charge is 0.511 e. The highest BCUT2D eigenvalue weighted by molar-refractivity contribution is 7.50. The Morgan fingerprint density at radius 2 is 1.87 bits per heavy atom. The summed E-state index contributed by atoms with van der Waals surface area (Å²) in [6, 6.07) is 6.08. The summed E-state index contributed by atoms with van der Waals surface area (Å²) < 4.78 is 14.2. The summed E-state index contributed by atoms with van der Waals surface area (Å²) in [4.78, 5) is 17.9. The van der Waals surface area contributed by atoms with E-state index >= 15 is 0 Å². The van der Waals surface area contributed by atoms with Crippen LogP contribution >= 0.6 is 7.75 Å². The van der Waals surface area contributed by atoms with Gasteiger partial charge in [0.15, 0.2) is 0 Å². The Morgan fingerprint density at radius 1 is 1.17 bits per heavy atom. The van der Waals surface area contributed by atoms with E-state index in [1.807, 2.05) is 0 Å². The zero-order valence-electron chi connectivity index (χ0n) is 11.8. The summed E-state index contributed by atoms with van der Waals surface area (Å²) in [5.74, 6) is -2.11. The summed E-state index contributed by atoms with van der Waals surface area (Å²) in [5.41, 5.74) is 0.225. The van der Waals surface area contributed by atoms with Crippen LogP contribution in [-0.4, -0.2) is 42.0 Å². The molecule has 2 unspecified atom stereocenters. The first kappa shape index (κ1) is 17.2. The molecule has 9 heteroatoms. The Bertz CT molecular complexity index is 734. The zero-order chi connectivity index (χ0) is 17.2. The van der Waals surface area contributed by atoms with E-state index in [2.05, 4.69) is 4.76 Å². The average Bonchev–Trinajstić information content (AvgIpc) is 2.35. The SMILES string of the molecule is O=P(O)(O)N=C1C=C(O)C=C(O)C1C(O)Cc1cccc(O)c1. The fraction of sp³-hybridized carbons (Fsp3) is 0.214. The molecule has 0 amide bonds. The second kappa shape index (κ2) is 6.55. The van der Waals surface area contributed by atoms with Crippen molar-refractivity contribution in [1.29, 1.82) is 0 Å². The first-order valence-electron chi connectivity index (χ1n) is 6.58. The number of aliphatic hydroxyl groups is 3. The summed E-state index contributed by atoms with van der Waals surface area (Å²) in [7, 11) is -4.81. The van der Waals surface area contributed by atoms with E-state index < -0.39 is 31.3 Å². The number of phenols is 1. The third-order valence-electron chi connectivity index (χ3n) is 3.21. The lowest BCUT2D eigenvalue weighted by Crippen LogP contribution is -2.33. The zero-order valence-corrected chi connectivity index (χ0v) is 12.7. The monoisotopic (exact) mass is 341 g/mol. The molecular weight excluding hydrogens is 325 g/mol. The van der Waals surface area contributed by atoms with Gasteiger partial charge in [-0.1, -0.05) is 12.1 Å². The molecule has 1 aromatic rings. The van der Waals surface area contributed by atoms with Gasteiger partial charge in [0.1, 0.15) is 17.3 Å². The minimum absolute atomic E-state index is 0.000225. The van der Waals surface area contributed by atoms with Crippen molar-refractivity contribution < 1.29 is 34.8 Å². The van der Waals surface area contributed by atoms with Crippen molar-refractivity contribution in [2.75, 3.05) is 0 Å². The van der Waals surface area contributed by atoms with Crippen molar-refractivity contribution >= 4 is 13.5 Å². The van der Waals surface area contributed by atoms with Crippen LogP contribution in [-0.2, 0) is 11.0 Å². The molecule has 0 aromatic heterocycles.